The molecule has 4 heteroatoms. The Morgan fingerprint density at radius 1 is 1.41 bits per heavy atom. The van der Waals surface area contributed by atoms with Crippen molar-refractivity contribution in [2.75, 3.05) is 6.54 Å². The van der Waals surface area contributed by atoms with Gasteiger partial charge in [-0.3, -0.25) is 0 Å². The predicted molar refractivity (Wildman–Crippen MR) is 75.7 cm³/mol. The zero-order valence-corrected chi connectivity index (χ0v) is 11.6. The molecule has 1 unspecified atom stereocenters. The summed E-state index contributed by atoms with van der Waals surface area (Å²) < 4.78 is 0. The van der Waals surface area contributed by atoms with Crippen LogP contribution in [-0.2, 0) is 0 Å². The molecule has 0 fully saturated rings. The molecule has 90 valence electrons. The second-order valence-electron chi connectivity index (χ2n) is 4.02. The number of aryl methyl sites for hydroxylation is 2. The molecule has 0 bridgehead atoms. The van der Waals surface area contributed by atoms with Crippen LogP contribution in [-0.4, -0.2) is 11.5 Å². The molecule has 0 saturated carbocycles. The maximum atomic E-state index is 5.84. The molecule has 0 spiro atoms. The Balaban J connectivity index is 2.18. The summed E-state index contributed by atoms with van der Waals surface area (Å²) in [5, 5.41) is 5.61. The van der Waals surface area contributed by atoms with Crippen molar-refractivity contribution in [2.24, 2.45) is 5.73 Å². The molecule has 0 aliphatic carbocycles. The summed E-state index contributed by atoms with van der Waals surface area (Å²) in [5.41, 5.74) is 9.45. The normalized spacial score (nSPS) is 12.6. The van der Waals surface area contributed by atoms with Crippen LogP contribution in [0.15, 0.2) is 34.0 Å². The van der Waals surface area contributed by atoms with E-state index in [1.165, 1.54) is 11.1 Å². The van der Waals surface area contributed by atoms with E-state index in [9.17, 15) is 0 Å². The number of nitrogens with two attached hydrogens (primary N) is 1. The summed E-state index contributed by atoms with van der Waals surface area (Å²) in [6.07, 6.45) is 0. The van der Waals surface area contributed by atoms with Crippen LogP contribution in [0, 0.1) is 13.8 Å². The zero-order chi connectivity index (χ0) is 12.3. The van der Waals surface area contributed by atoms with Crippen LogP contribution in [0.25, 0.3) is 0 Å². The molecule has 2 nitrogen and oxygen atoms in total. The maximum Gasteiger partial charge on any atom is 0.0972 e. The highest BCUT2D eigenvalue weighted by molar-refractivity contribution is 7.99. The van der Waals surface area contributed by atoms with Crippen LogP contribution in [0.5, 0.6) is 0 Å². The van der Waals surface area contributed by atoms with E-state index in [-0.39, 0.29) is 0 Å². The predicted octanol–water partition coefficient (Wildman–Crippen LogP) is 3.55. The number of thiophene rings is 1. The molecule has 0 aliphatic heterocycles. The Kier molecular flexibility index (Phi) is 4.20. The molecular weight excluding hydrogens is 248 g/mol. The van der Waals surface area contributed by atoms with Crippen molar-refractivity contribution in [1.29, 1.82) is 0 Å². The summed E-state index contributed by atoms with van der Waals surface area (Å²) in [6, 6.07) is 6.34. The molecule has 17 heavy (non-hydrogen) atoms. The van der Waals surface area contributed by atoms with Crippen molar-refractivity contribution >= 4 is 23.1 Å². The van der Waals surface area contributed by atoms with Crippen LogP contribution >= 0.6 is 23.1 Å². The lowest BCUT2D eigenvalue weighted by molar-refractivity contribution is 0.935. The van der Waals surface area contributed by atoms with Gasteiger partial charge in [0.25, 0.3) is 0 Å². The highest BCUT2D eigenvalue weighted by Crippen LogP contribution is 2.34. The van der Waals surface area contributed by atoms with Crippen LogP contribution < -0.4 is 5.73 Å². The van der Waals surface area contributed by atoms with Gasteiger partial charge in [-0.15, -0.1) is 0 Å². The van der Waals surface area contributed by atoms with Gasteiger partial charge in [0.15, 0.2) is 0 Å². The Morgan fingerprint density at radius 2 is 2.24 bits per heavy atom. The number of hydrogen-bond donors (Lipinski definition) is 1. The number of hydrogen-bond acceptors (Lipinski definition) is 4. The first-order valence-corrected chi connectivity index (χ1v) is 7.35. The lowest BCUT2D eigenvalue weighted by Gasteiger charge is -2.13. The molecule has 2 rings (SSSR count). The average molecular weight is 264 g/mol. The lowest BCUT2D eigenvalue weighted by atomic mass is 10.2. The van der Waals surface area contributed by atoms with Gasteiger partial charge in [-0.2, -0.15) is 11.3 Å². The van der Waals surface area contributed by atoms with E-state index in [1.807, 2.05) is 6.92 Å². The Morgan fingerprint density at radius 3 is 2.82 bits per heavy atom. The first-order chi connectivity index (χ1) is 8.19. The van der Waals surface area contributed by atoms with Gasteiger partial charge in [-0.1, -0.05) is 11.8 Å². The lowest BCUT2D eigenvalue weighted by Crippen LogP contribution is -2.08. The molecule has 2 aromatic rings. The zero-order valence-electron chi connectivity index (χ0n) is 10.0. The fourth-order valence-corrected chi connectivity index (χ4v) is 3.64. The standard InChI is InChI=1S/C13H16N2S2/c1-9-5-10(2)15-13(6-9)17-12(7-14)11-3-4-16-8-11/h3-6,8,12H,7,14H2,1-2H3. The Hall–Kier alpha value is -0.840. The van der Waals surface area contributed by atoms with Crippen LogP contribution in [0.3, 0.4) is 0 Å². The molecule has 0 aliphatic rings. The van der Waals surface area contributed by atoms with Gasteiger partial charge in [-0.25, -0.2) is 4.98 Å². The van der Waals surface area contributed by atoms with Gasteiger partial charge in [0.2, 0.25) is 0 Å². The SMILES string of the molecule is Cc1cc(C)nc(SC(CN)c2ccsc2)c1. The Bertz CT molecular complexity index is 460. The molecule has 2 N–H and O–H groups in total. The average Bonchev–Trinajstić information content (AvgIpc) is 2.77. The molecule has 0 saturated heterocycles. The van der Waals surface area contributed by atoms with E-state index >= 15 is 0 Å². The third kappa shape index (κ3) is 3.31. The Labute approximate surface area is 110 Å². The summed E-state index contributed by atoms with van der Waals surface area (Å²) in [6.45, 7) is 4.76. The largest absolute Gasteiger partial charge is 0.329 e. The van der Waals surface area contributed by atoms with Gasteiger partial charge < -0.3 is 5.73 Å². The van der Waals surface area contributed by atoms with E-state index in [0.29, 0.717) is 11.8 Å². The second kappa shape index (κ2) is 5.67. The number of rotatable bonds is 4. The molecule has 2 heterocycles. The summed E-state index contributed by atoms with van der Waals surface area (Å²) in [5.74, 6) is 0. The van der Waals surface area contributed by atoms with Crippen LogP contribution in [0.1, 0.15) is 22.1 Å². The van der Waals surface area contributed by atoms with E-state index in [2.05, 4.69) is 40.9 Å². The maximum absolute atomic E-state index is 5.84. The number of aromatic nitrogens is 1. The minimum Gasteiger partial charge on any atom is -0.329 e. The third-order valence-corrected chi connectivity index (χ3v) is 4.37. The van der Waals surface area contributed by atoms with E-state index in [1.54, 1.807) is 23.1 Å². The van der Waals surface area contributed by atoms with Gasteiger partial charge in [0.05, 0.1) is 5.03 Å². The number of thioether (sulfide) groups is 1. The number of pyridine rings is 1. The smallest absolute Gasteiger partial charge is 0.0972 e. The highest BCUT2D eigenvalue weighted by Gasteiger charge is 2.13. The monoisotopic (exact) mass is 264 g/mol. The minimum atomic E-state index is 0.301. The minimum absolute atomic E-state index is 0.301. The van der Waals surface area contributed by atoms with Crippen LogP contribution in [0.4, 0.5) is 0 Å². The summed E-state index contributed by atoms with van der Waals surface area (Å²) >= 11 is 3.46. The molecule has 0 aromatic carbocycles. The fourth-order valence-electron chi connectivity index (χ4n) is 1.72. The summed E-state index contributed by atoms with van der Waals surface area (Å²) in [4.78, 5) is 4.54. The molecule has 0 radical (unpaired) electrons. The van der Waals surface area contributed by atoms with Crippen molar-refractivity contribution in [1.82, 2.24) is 4.98 Å². The summed E-state index contributed by atoms with van der Waals surface area (Å²) in [7, 11) is 0. The van der Waals surface area contributed by atoms with Gasteiger partial charge in [0, 0.05) is 17.5 Å². The van der Waals surface area contributed by atoms with Crippen molar-refractivity contribution in [3.8, 4) is 0 Å². The molecule has 1 atom stereocenters. The first-order valence-electron chi connectivity index (χ1n) is 5.53. The molecular formula is C13H16N2S2. The fraction of sp³-hybridized carbons (Fsp3) is 0.308. The molecule has 0 amide bonds. The first kappa shape index (κ1) is 12.6. The van der Waals surface area contributed by atoms with Crippen LogP contribution in [0.2, 0.25) is 0 Å². The van der Waals surface area contributed by atoms with Gasteiger partial charge in [-0.05, 0) is 53.9 Å². The quantitative estimate of drug-likeness (QED) is 0.858. The van der Waals surface area contributed by atoms with Gasteiger partial charge >= 0.3 is 0 Å². The van der Waals surface area contributed by atoms with E-state index in [0.717, 1.165) is 10.7 Å². The molecule has 2 aromatic heterocycles. The van der Waals surface area contributed by atoms with E-state index < -0.39 is 0 Å². The van der Waals surface area contributed by atoms with E-state index in [4.69, 9.17) is 5.73 Å². The van der Waals surface area contributed by atoms with Crippen molar-refractivity contribution in [3.05, 3.63) is 45.8 Å². The van der Waals surface area contributed by atoms with Crippen molar-refractivity contribution in [3.63, 3.8) is 0 Å². The topological polar surface area (TPSA) is 38.9 Å². The van der Waals surface area contributed by atoms with Crippen molar-refractivity contribution in [2.45, 2.75) is 24.1 Å². The van der Waals surface area contributed by atoms with Gasteiger partial charge in [0.1, 0.15) is 0 Å². The highest BCUT2D eigenvalue weighted by atomic mass is 32.2. The number of nitrogens with zero attached hydrogens (tertiary/aromatic N) is 1. The second-order valence-corrected chi connectivity index (χ2v) is 6.03. The third-order valence-electron chi connectivity index (χ3n) is 2.47. The van der Waals surface area contributed by atoms with Crippen molar-refractivity contribution < 1.29 is 0 Å².